The van der Waals surface area contributed by atoms with E-state index in [4.69, 9.17) is 4.74 Å². The molecule has 2 rings (SSSR count). The van der Waals surface area contributed by atoms with Crippen molar-refractivity contribution in [2.24, 2.45) is 0 Å². The third-order valence-corrected chi connectivity index (χ3v) is 3.60. The van der Waals surface area contributed by atoms with E-state index in [0.29, 0.717) is 26.2 Å². The van der Waals surface area contributed by atoms with Crippen molar-refractivity contribution in [3.63, 3.8) is 0 Å². The number of anilines is 1. The molecule has 0 saturated carbocycles. The van der Waals surface area contributed by atoms with Gasteiger partial charge >= 0.3 is 11.8 Å². The van der Waals surface area contributed by atoms with Gasteiger partial charge in [0.2, 0.25) is 0 Å². The number of amides is 2. The van der Waals surface area contributed by atoms with E-state index in [2.05, 4.69) is 15.5 Å². The monoisotopic (exact) mass is 336 g/mol. The van der Waals surface area contributed by atoms with Crippen LogP contribution in [0.15, 0.2) is 24.3 Å². The van der Waals surface area contributed by atoms with Crippen LogP contribution in [-0.4, -0.2) is 61.0 Å². The smallest absolute Gasteiger partial charge is 0.313 e. The van der Waals surface area contributed by atoms with Crippen LogP contribution in [0, 0.1) is 10.1 Å². The number of hydrogen-bond donors (Lipinski definition) is 2. The molecular weight excluding hydrogens is 316 g/mol. The molecule has 1 fully saturated rings. The molecule has 0 aromatic heterocycles. The zero-order valence-corrected chi connectivity index (χ0v) is 13.2. The number of nitro benzene ring substituents is 1. The Morgan fingerprint density at radius 3 is 2.62 bits per heavy atom. The zero-order chi connectivity index (χ0) is 17.4. The van der Waals surface area contributed by atoms with Crippen LogP contribution in [0.2, 0.25) is 0 Å². The van der Waals surface area contributed by atoms with Gasteiger partial charge in [-0.2, -0.15) is 0 Å². The summed E-state index contributed by atoms with van der Waals surface area (Å²) in [5.41, 5.74) is -0.262. The van der Waals surface area contributed by atoms with Gasteiger partial charge in [0.25, 0.3) is 5.69 Å². The van der Waals surface area contributed by atoms with E-state index < -0.39 is 16.7 Å². The van der Waals surface area contributed by atoms with Gasteiger partial charge in [-0.25, -0.2) is 0 Å². The van der Waals surface area contributed by atoms with Crippen LogP contribution in [-0.2, 0) is 14.3 Å². The van der Waals surface area contributed by atoms with E-state index in [1.165, 1.54) is 18.2 Å². The van der Waals surface area contributed by atoms with Gasteiger partial charge in [0, 0.05) is 25.7 Å². The number of hydrogen-bond acceptors (Lipinski definition) is 6. The van der Waals surface area contributed by atoms with Crippen molar-refractivity contribution in [1.82, 2.24) is 10.2 Å². The standard InChI is InChI=1S/C15H20N4O5/c20-14(16-6-3-7-18-8-10-24-11-9-18)15(21)17-12-4-1-2-5-13(12)19(22)23/h1-2,4-5H,3,6-11H2,(H,16,20)(H,17,21). The first-order valence-electron chi connectivity index (χ1n) is 7.70. The minimum absolute atomic E-state index is 0.00373. The highest BCUT2D eigenvalue weighted by Gasteiger charge is 2.19. The molecule has 1 aromatic carbocycles. The van der Waals surface area contributed by atoms with Crippen molar-refractivity contribution in [3.8, 4) is 0 Å². The van der Waals surface area contributed by atoms with Crippen molar-refractivity contribution in [2.45, 2.75) is 6.42 Å². The van der Waals surface area contributed by atoms with Crippen LogP contribution < -0.4 is 10.6 Å². The topological polar surface area (TPSA) is 114 Å². The zero-order valence-electron chi connectivity index (χ0n) is 13.2. The third kappa shape index (κ3) is 5.28. The van der Waals surface area contributed by atoms with Gasteiger partial charge in [-0.3, -0.25) is 24.6 Å². The summed E-state index contributed by atoms with van der Waals surface area (Å²) in [6, 6.07) is 5.67. The average Bonchev–Trinajstić information content (AvgIpc) is 2.59. The fraction of sp³-hybridized carbons (Fsp3) is 0.467. The molecule has 130 valence electrons. The summed E-state index contributed by atoms with van der Waals surface area (Å²) in [6.45, 7) is 4.34. The van der Waals surface area contributed by atoms with Crippen LogP contribution in [0.3, 0.4) is 0 Å². The van der Waals surface area contributed by atoms with Gasteiger partial charge < -0.3 is 15.4 Å². The molecular formula is C15H20N4O5. The Balaban J connectivity index is 1.74. The van der Waals surface area contributed by atoms with Gasteiger partial charge in [-0.15, -0.1) is 0 Å². The molecule has 0 atom stereocenters. The molecule has 9 heteroatoms. The maximum Gasteiger partial charge on any atom is 0.313 e. The van der Waals surface area contributed by atoms with Gasteiger partial charge in [0.1, 0.15) is 5.69 Å². The molecule has 1 aromatic rings. The number of ether oxygens (including phenoxy) is 1. The Hall–Kier alpha value is -2.52. The minimum atomic E-state index is -0.921. The molecule has 1 saturated heterocycles. The number of nitrogens with one attached hydrogen (secondary N) is 2. The van der Waals surface area contributed by atoms with E-state index in [1.54, 1.807) is 6.07 Å². The molecule has 2 N–H and O–H groups in total. The van der Waals surface area contributed by atoms with Crippen molar-refractivity contribution in [1.29, 1.82) is 0 Å². The predicted molar refractivity (Wildman–Crippen MR) is 86.6 cm³/mol. The van der Waals surface area contributed by atoms with Crippen LogP contribution in [0.5, 0.6) is 0 Å². The van der Waals surface area contributed by atoms with Crippen LogP contribution in [0.25, 0.3) is 0 Å². The van der Waals surface area contributed by atoms with E-state index in [0.717, 1.165) is 19.6 Å². The van der Waals surface area contributed by atoms with Gasteiger partial charge in [-0.1, -0.05) is 12.1 Å². The molecule has 0 aliphatic carbocycles. The maximum absolute atomic E-state index is 11.8. The van der Waals surface area contributed by atoms with Crippen LogP contribution in [0.1, 0.15) is 6.42 Å². The normalized spacial score (nSPS) is 14.8. The number of rotatable bonds is 6. The molecule has 0 unspecified atom stereocenters. The summed E-state index contributed by atoms with van der Waals surface area (Å²) < 4.78 is 5.25. The lowest BCUT2D eigenvalue weighted by atomic mass is 10.2. The lowest BCUT2D eigenvalue weighted by Gasteiger charge is -2.26. The molecule has 9 nitrogen and oxygen atoms in total. The van der Waals surface area contributed by atoms with E-state index >= 15 is 0 Å². The molecule has 24 heavy (non-hydrogen) atoms. The Morgan fingerprint density at radius 1 is 1.21 bits per heavy atom. The number of benzene rings is 1. The number of carbonyl (C=O) groups is 2. The van der Waals surface area contributed by atoms with E-state index in [1.807, 2.05) is 0 Å². The molecule has 0 radical (unpaired) electrons. The predicted octanol–water partition coefficient (Wildman–Crippen LogP) is 0.372. The fourth-order valence-corrected chi connectivity index (χ4v) is 2.33. The highest BCUT2D eigenvalue weighted by molar-refractivity contribution is 6.39. The van der Waals surface area contributed by atoms with Crippen LogP contribution in [0.4, 0.5) is 11.4 Å². The highest BCUT2D eigenvalue weighted by Crippen LogP contribution is 2.22. The number of para-hydroxylation sites is 2. The first-order chi connectivity index (χ1) is 11.6. The van der Waals surface area contributed by atoms with Crippen molar-refractivity contribution in [2.75, 3.05) is 44.7 Å². The maximum atomic E-state index is 11.8. The summed E-state index contributed by atoms with van der Waals surface area (Å²) >= 11 is 0. The van der Waals surface area contributed by atoms with Crippen LogP contribution >= 0.6 is 0 Å². The largest absolute Gasteiger partial charge is 0.379 e. The second kappa shape index (κ2) is 8.94. The van der Waals surface area contributed by atoms with E-state index in [9.17, 15) is 19.7 Å². The Bertz CT molecular complexity index is 601. The molecule has 0 bridgehead atoms. The summed E-state index contributed by atoms with van der Waals surface area (Å²) in [5.74, 6) is -1.73. The molecule has 1 heterocycles. The minimum Gasteiger partial charge on any atom is -0.379 e. The lowest BCUT2D eigenvalue weighted by molar-refractivity contribution is -0.383. The fourth-order valence-electron chi connectivity index (χ4n) is 2.33. The number of nitrogens with zero attached hydrogens (tertiary/aromatic N) is 2. The molecule has 1 aliphatic rings. The SMILES string of the molecule is O=C(NCCCN1CCOCC1)C(=O)Nc1ccccc1[N+](=O)[O-]. The first-order valence-corrected chi connectivity index (χ1v) is 7.70. The van der Waals surface area contributed by atoms with Crippen molar-refractivity contribution >= 4 is 23.2 Å². The highest BCUT2D eigenvalue weighted by atomic mass is 16.6. The lowest BCUT2D eigenvalue weighted by Crippen LogP contribution is -2.39. The summed E-state index contributed by atoms with van der Waals surface area (Å²) in [6.07, 6.45) is 0.713. The van der Waals surface area contributed by atoms with Crippen molar-refractivity contribution in [3.05, 3.63) is 34.4 Å². The third-order valence-electron chi connectivity index (χ3n) is 3.60. The second-order valence-corrected chi connectivity index (χ2v) is 5.29. The molecule has 0 spiro atoms. The van der Waals surface area contributed by atoms with E-state index in [-0.39, 0.29) is 11.4 Å². The Morgan fingerprint density at radius 2 is 1.92 bits per heavy atom. The Kier molecular flexibility index (Phi) is 6.64. The second-order valence-electron chi connectivity index (χ2n) is 5.29. The number of carbonyl (C=O) groups excluding carboxylic acids is 2. The quantitative estimate of drug-likeness (QED) is 0.336. The molecule has 2 amide bonds. The van der Waals surface area contributed by atoms with Gasteiger partial charge in [0.15, 0.2) is 0 Å². The molecule has 1 aliphatic heterocycles. The first kappa shape index (κ1) is 17.8. The summed E-state index contributed by atoms with van der Waals surface area (Å²) in [7, 11) is 0. The van der Waals surface area contributed by atoms with Gasteiger partial charge in [-0.05, 0) is 19.0 Å². The summed E-state index contributed by atoms with van der Waals surface area (Å²) in [4.78, 5) is 36.0. The van der Waals surface area contributed by atoms with Gasteiger partial charge in [0.05, 0.1) is 18.1 Å². The van der Waals surface area contributed by atoms with Crippen molar-refractivity contribution < 1.29 is 19.2 Å². The number of nitro groups is 1. The Labute approximate surface area is 139 Å². The average molecular weight is 336 g/mol. The summed E-state index contributed by atoms with van der Waals surface area (Å²) in [5, 5.41) is 15.6. The number of morpholine rings is 1.